The highest BCUT2D eigenvalue weighted by Crippen LogP contribution is 1.89. The molecule has 0 aliphatic rings. The first-order valence-electron chi connectivity index (χ1n) is 3.42. The van der Waals surface area contributed by atoms with E-state index in [1.165, 1.54) is 0 Å². The zero-order chi connectivity index (χ0) is 12.0. The second-order valence-electron chi connectivity index (χ2n) is 1.70. The van der Waals surface area contributed by atoms with Crippen LogP contribution in [0.2, 0.25) is 0 Å². The molecule has 0 rings (SSSR count). The average Bonchev–Trinajstić information content (AvgIpc) is 2.07. The Morgan fingerprint density at radius 2 is 1.04 bits per heavy atom. The Hall–Kier alpha value is -2.03. The summed E-state index contributed by atoms with van der Waals surface area (Å²) in [4.78, 5) is 27.1. The van der Waals surface area contributed by atoms with Crippen molar-refractivity contribution in [2.24, 2.45) is 0 Å². The highest BCUT2D eigenvalue weighted by Gasteiger charge is 1.98. The van der Waals surface area contributed by atoms with Gasteiger partial charge in [-0.05, 0) is 13.8 Å². The fraction of sp³-hybridized carbons (Fsp3) is 0.706. The second kappa shape index (κ2) is 113. The summed E-state index contributed by atoms with van der Waals surface area (Å²) in [5.74, 6) is -0.312. The van der Waals surface area contributed by atoms with Crippen molar-refractivity contribution in [3.63, 3.8) is 0 Å². The van der Waals surface area contributed by atoms with E-state index in [4.69, 9.17) is 20.4 Å². The number of ether oxygens (including phenoxy) is 1. The lowest BCUT2D eigenvalue weighted by Gasteiger charge is -1.96. The van der Waals surface area contributed by atoms with Gasteiger partial charge in [0.15, 0.2) is 0 Å². The maximum atomic E-state index is 10.4. The number of nitrogens with one attached hydrogen (secondary N) is 2. The Morgan fingerprint density at radius 1 is 0.870 bits per heavy atom. The topological polar surface area (TPSA) is 108 Å². The number of hydrogen-bond acceptors (Lipinski definition) is 6. The Bertz CT molecular complexity index is 229. The summed E-state index contributed by atoms with van der Waals surface area (Å²) in [6.45, 7) is 7.21. The van der Waals surface area contributed by atoms with Crippen molar-refractivity contribution >= 4 is 18.1 Å². The van der Waals surface area contributed by atoms with E-state index >= 15 is 0 Å². The molecule has 0 atom stereocenters. The van der Waals surface area contributed by atoms with Gasteiger partial charge in [-0.25, -0.2) is 25.2 Å². The highest BCUT2D eigenvalue weighted by molar-refractivity contribution is 5.86. The zero-order valence-electron chi connectivity index (χ0n) is 8.05. The Morgan fingerprint density at radius 3 is 1.09 bits per heavy atom. The average molecular weight is 345 g/mol. The number of carbonyl (C=O) groups is 1. The molecular formula is C17H48N2O4. The summed E-state index contributed by atoms with van der Waals surface area (Å²) < 4.78 is 4.56. The molecule has 0 aromatic heterocycles. The van der Waals surface area contributed by atoms with E-state index in [9.17, 15) is 4.79 Å². The van der Waals surface area contributed by atoms with Crippen LogP contribution in [-0.4, -0.2) is 24.7 Å². The Balaban J connectivity index is -0.00000000733. The molecule has 6 heteroatoms. The molecule has 23 heavy (non-hydrogen) atoms. The molecular weight excluding hydrogens is 296 g/mol. The SMILES string of the molecule is C.C.C.C.C.C.C.C.C.C=C(C)C(=O)OCC.N=C=O.N=C=O. The Kier molecular flexibility index (Phi) is 511. The van der Waals surface area contributed by atoms with Gasteiger partial charge in [0.25, 0.3) is 0 Å². The zero-order valence-corrected chi connectivity index (χ0v) is 8.05. The van der Waals surface area contributed by atoms with Gasteiger partial charge < -0.3 is 4.74 Å². The highest BCUT2D eigenvalue weighted by atomic mass is 16.5. The van der Waals surface area contributed by atoms with Crippen molar-refractivity contribution in [2.45, 2.75) is 80.7 Å². The predicted octanol–water partition coefficient (Wildman–Crippen LogP) is 6.65. The lowest BCUT2D eigenvalue weighted by Crippen LogP contribution is -2.03. The van der Waals surface area contributed by atoms with Crippen LogP contribution in [0.1, 0.15) is 80.7 Å². The maximum Gasteiger partial charge on any atom is 0.333 e. The minimum absolute atomic E-state index is 0. The molecule has 0 aliphatic carbocycles. The number of rotatable bonds is 2. The molecule has 0 fully saturated rings. The van der Waals surface area contributed by atoms with Crippen LogP contribution in [0.4, 0.5) is 0 Å². The Labute approximate surface area is 148 Å². The molecule has 0 aromatic carbocycles. The fourth-order valence-electron chi connectivity index (χ4n) is 0.254. The molecule has 0 aromatic rings. The van der Waals surface area contributed by atoms with Crippen LogP contribution in [0.5, 0.6) is 0 Å². The van der Waals surface area contributed by atoms with Gasteiger partial charge in [0, 0.05) is 5.57 Å². The molecule has 0 aliphatic heterocycles. The van der Waals surface area contributed by atoms with E-state index in [-0.39, 0.29) is 72.8 Å². The van der Waals surface area contributed by atoms with Crippen molar-refractivity contribution in [3.8, 4) is 0 Å². The van der Waals surface area contributed by atoms with Gasteiger partial charge in [-0.3, -0.25) is 0 Å². The van der Waals surface area contributed by atoms with Crippen LogP contribution in [0.3, 0.4) is 0 Å². The first kappa shape index (κ1) is 104. The minimum atomic E-state index is -0.312. The minimum Gasteiger partial charge on any atom is -0.463 e. The molecule has 0 saturated heterocycles. The normalized spacial score (nSPS) is 3.57. The molecule has 2 N–H and O–H groups in total. The fourth-order valence-corrected chi connectivity index (χ4v) is 0.254. The lowest BCUT2D eigenvalue weighted by molar-refractivity contribution is -0.138. The van der Waals surface area contributed by atoms with Crippen molar-refractivity contribution in [1.29, 1.82) is 10.8 Å². The quantitative estimate of drug-likeness (QED) is 0.253. The van der Waals surface area contributed by atoms with Crippen LogP contribution in [-0.2, 0) is 19.1 Å². The smallest absolute Gasteiger partial charge is 0.333 e. The van der Waals surface area contributed by atoms with Crippen molar-refractivity contribution < 1.29 is 19.1 Å². The van der Waals surface area contributed by atoms with Gasteiger partial charge in [0.1, 0.15) is 0 Å². The maximum absolute atomic E-state index is 10.4. The van der Waals surface area contributed by atoms with Crippen LogP contribution in [0.25, 0.3) is 0 Å². The monoisotopic (exact) mass is 344 g/mol. The van der Waals surface area contributed by atoms with E-state index in [0.29, 0.717) is 12.2 Å². The van der Waals surface area contributed by atoms with E-state index in [2.05, 4.69) is 11.3 Å². The van der Waals surface area contributed by atoms with Gasteiger partial charge in [0.05, 0.1) is 6.61 Å². The molecule has 0 radical (unpaired) electrons. The molecule has 0 saturated carbocycles. The number of esters is 1. The van der Waals surface area contributed by atoms with Crippen LogP contribution < -0.4 is 0 Å². The van der Waals surface area contributed by atoms with Gasteiger partial charge in [-0.1, -0.05) is 73.4 Å². The van der Waals surface area contributed by atoms with E-state index in [0.717, 1.165) is 12.2 Å². The van der Waals surface area contributed by atoms with Gasteiger partial charge in [-0.15, -0.1) is 0 Å². The number of hydrogen-bond donors (Lipinski definition) is 2. The van der Waals surface area contributed by atoms with E-state index < -0.39 is 0 Å². The van der Waals surface area contributed by atoms with E-state index in [1.54, 1.807) is 13.8 Å². The molecule has 0 spiro atoms. The number of isocyanates is 2. The molecule has 6 nitrogen and oxygen atoms in total. The third-order valence-electron chi connectivity index (χ3n) is 0.624. The summed E-state index contributed by atoms with van der Waals surface area (Å²) in [5.41, 5.74) is 0.451. The van der Waals surface area contributed by atoms with Gasteiger partial charge in [0.2, 0.25) is 12.2 Å². The molecule has 0 bridgehead atoms. The summed E-state index contributed by atoms with van der Waals surface area (Å²) >= 11 is 0. The van der Waals surface area contributed by atoms with Crippen molar-refractivity contribution in [1.82, 2.24) is 0 Å². The summed E-state index contributed by atoms with van der Waals surface area (Å²) in [5, 5.41) is 10.8. The van der Waals surface area contributed by atoms with Crippen LogP contribution in [0, 0.1) is 10.8 Å². The predicted molar refractivity (Wildman–Crippen MR) is 109 cm³/mol. The third kappa shape index (κ3) is 261. The first-order chi connectivity index (χ1) is 6.51. The largest absolute Gasteiger partial charge is 0.463 e. The molecule has 0 heterocycles. The molecule has 0 amide bonds. The van der Waals surface area contributed by atoms with Crippen molar-refractivity contribution in [2.75, 3.05) is 6.61 Å². The second-order valence-corrected chi connectivity index (χ2v) is 1.70. The number of carbonyl (C=O) groups excluding carboxylic acids is 3. The van der Waals surface area contributed by atoms with Crippen LogP contribution >= 0.6 is 0 Å². The summed E-state index contributed by atoms with van der Waals surface area (Å²) in [6.07, 6.45) is 1.50. The standard InChI is InChI=1S/C6H10O2.2CHNO.9CH4/c1-4-8-6(7)5(2)3;2*2-1-3;;;;;;;;;/h2,4H2,1,3H3;2*2H;9*1H4. The van der Waals surface area contributed by atoms with Gasteiger partial charge >= 0.3 is 5.97 Å². The molecule has 0 unspecified atom stereocenters. The van der Waals surface area contributed by atoms with E-state index in [1.807, 2.05) is 0 Å². The van der Waals surface area contributed by atoms with Crippen LogP contribution in [0.15, 0.2) is 12.2 Å². The third-order valence-corrected chi connectivity index (χ3v) is 0.624. The van der Waals surface area contributed by atoms with Crippen molar-refractivity contribution in [3.05, 3.63) is 12.2 Å². The summed E-state index contributed by atoms with van der Waals surface area (Å²) in [6, 6.07) is 0. The first-order valence-corrected chi connectivity index (χ1v) is 3.42. The molecule has 150 valence electrons. The lowest BCUT2D eigenvalue weighted by atomic mass is 10.4. The summed E-state index contributed by atoms with van der Waals surface area (Å²) in [7, 11) is 0. The van der Waals surface area contributed by atoms with Gasteiger partial charge in [-0.2, -0.15) is 0 Å².